The van der Waals surface area contributed by atoms with Crippen LogP contribution in [0.1, 0.15) is 34.0 Å². The van der Waals surface area contributed by atoms with E-state index in [9.17, 15) is 18.0 Å². The second-order valence-corrected chi connectivity index (χ2v) is 9.22. The van der Waals surface area contributed by atoms with Crippen LogP contribution in [0.3, 0.4) is 0 Å². The van der Waals surface area contributed by atoms with E-state index in [0.717, 1.165) is 9.87 Å². The number of sulfonamides is 1. The van der Waals surface area contributed by atoms with E-state index >= 15 is 0 Å². The number of hydrogen-bond donors (Lipinski definition) is 2. The van der Waals surface area contributed by atoms with Crippen molar-refractivity contribution < 1.29 is 18.0 Å². The van der Waals surface area contributed by atoms with Crippen molar-refractivity contribution in [3.63, 3.8) is 0 Å². The molecule has 7 nitrogen and oxygen atoms in total. The van der Waals surface area contributed by atoms with Crippen molar-refractivity contribution in [2.45, 2.75) is 38.3 Å². The minimum absolute atomic E-state index is 0.0776. The van der Waals surface area contributed by atoms with E-state index in [4.69, 9.17) is 0 Å². The zero-order chi connectivity index (χ0) is 21.8. The molecule has 2 N–H and O–H groups in total. The highest BCUT2D eigenvalue weighted by Crippen LogP contribution is 2.23. The lowest BCUT2D eigenvalue weighted by atomic mass is 10.1. The maximum absolute atomic E-state index is 12.6. The smallest absolute Gasteiger partial charge is 0.251 e. The maximum atomic E-state index is 12.6. The van der Waals surface area contributed by atoms with E-state index in [2.05, 4.69) is 10.6 Å². The lowest BCUT2D eigenvalue weighted by molar-refractivity contribution is -0.122. The molecule has 0 bridgehead atoms. The number of hydrogen-bond acceptors (Lipinski definition) is 4. The number of nitrogens with one attached hydrogen (secondary N) is 2. The first-order valence-electron chi connectivity index (χ1n) is 9.20. The van der Waals surface area contributed by atoms with Gasteiger partial charge < -0.3 is 10.6 Å². The van der Waals surface area contributed by atoms with Gasteiger partial charge in [0.25, 0.3) is 5.91 Å². The zero-order valence-corrected chi connectivity index (χ0v) is 18.1. The fourth-order valence-corrected chi connectivity index (χ4v) is 3.92. The standard InChI is InChI=1S/C21H27N3O4S/c1-14-11-18(12-19(15(14)2)29(27,28)24(4)5)21(26)23-16(3)20(25)22-13-17-9-7-6-8-10-17/h6-12,16H,13H2,1-5H3,(H,22,25)(H,23,26). The Hall–Kier alpha value is -2.71. The molecule has 0 heterocycles. The molecule has 156 valence electrons. The Morgan fingerprint density at radius 3 is 2.28 bits per heavy atom. The van der Waals surface area contributed by atoms with Gasteiger partial charge in [-0.1, -0.05) is 30.3 Å². The molecule has 2 aromatic carbocycles. The van der Waals surface area contributed by atoms with E-state index in [0.29, 0.717) is 17.7 Å². The predicted molar refractivity (Wildman–Crippen MR) is 112 cm³/mol. The van der Waals surface area contributed by atoms with E-state index in [1.54, 1.807) is 26.8 Å². The van der Waals surface area contributed by atoms with Gasteiger partial charge in [0.15, 0.2) is 0 Å². The summed E-state index contributed by atoms with van der Waals surface area (Å²) in [4.78, 5) is 25.0. The Morgan fingerprint density at radius 1 is 1.07 bits per heavy atom. The van der Waals surface area contributed by atoms with Crippen LogP contribution >= 0.6 is 0 Å². The van der Waals surface area contributed by atoms with Crippen LogP contribution in [-0.4, -0.2) is 44.7 Å². The lowest BCUT2D eigenvalue weighted by Gasteiger charge is -2.18. The Kier molecular flexibility index (Phi) is 7.16. The SMILES string of the molecule is Cc1cc(C(=O)NC(C)C(=O)NCc2ccccc2)cc(S(=O)(=O)N(C)C)c1C. The first kappa shape index (κ1) is 22.6. The summed E-state index contributed by atoms with van der Waals surface area (Å²) in [5.74, 6) is -0.835. The van der Waals surface area contributed by atoms with Gasteiger partial charge in [-0.2, -0.15) is 0 Å². The number of nitrogens with zero attached hydrogens (tertiary/aromatic N) is 1. The molecule has 0 aliphatic carbocycles. The second kappa shape index (κ2) is 9.19. The van der Waals surface area contributed by atoms with Gasteiger partial charge in [-0.3, -0.25) is 9.59 Å². The number of amides is 2. The average Bonchev–Trinajstić information content (AvgIpc) is 2.68. The van der Waals surface area contributed by atoms with Gasteiger partial charge >= 0.3 is 0 Å². The van der Waals surface area contributed by atoms with Gasteiger partial charge in [0.1, 0.15) is 6.04 Å². The number of rotatable bonds is 7. The molecule has 8 heteroatoms. The molecular formula is C21H27N3O4S. The van der Waals surface area contributed by atoms with Crippen LogP contribution in [0.2, 0.25) is 0 Å². The molecule has 0 aliphatic heterocycles. The van der Waals surface area contributed by atoms with Crippen molar-refractivity contribution in [1.82, 2.24) is 14.9 Å². The molecule has 0 radical (unpaired) electrons. The average molecular weight is 418 g/mol. The molecule has 0 saturated carbocycles. The van der Waals surface area contributed by atoms with E-state index in [1.165, 1.54) is 20.2 Å². The highest BCUT2D eigenvalue weighted by molar-refractivity contribution is 7.89. The van der Waals surface area contributed by atoms with Crippen LogP contribution in [0.25, 0.3) is 0 Å². The molecule has 2 rings (SSSR count). The van der Waals surface area contributed by atoms with Crippen LogP contribution < -0.4 is 10.6 Å². The maximum Gasteiger partial charge on any atom is 0.251 e. The third-order valence-electron chi connectivity index (χ3n) is 4.69. The Balaban J connectivity index is 2.13. The predicted octanol–water partition coefficient (Wildman–Crippen LogP) is 1.99. The van der Waals surface area contributed by atoms with Gasteiger partial charge in [0.2, 0.25) is 15.9 Å². The molecular weight excluding hydrogens is 390 g/mol. The van der Waals surface area contributed by atoms with Crippen molar-refractivity contribution >= 4 is 21.8 Å². The molecule has 29 heavy (non-hydrogen) atoms. The van der Waals surface area contributed by atoms with E-state index in [1.807, 2.05) is 30.3 Å². The molecule has 2 aromatic rings. The van der Waals surface area contributed by atoms with Crippen molar-refractivity contribution in [2.75, 3.05) is 14.1 Å². The molecule has 2 amide bonds. The van der Waals surface area contributed by atoms with E-state index < -0.39 is 22.0 Å². The monoisotopic (exact) mass is 417 g/mol. The Bertz CT molecular complexity index is 1000. The largest absolute Gasteiger partial charge is 0.350 e. The number of carbonyl (C=O) groups is 2. The number of benzene rings is 2. The summed E-state index contributed by atoms with van der Waals surface area (Å²) >= 11 is 0. The first-order valence-corrected chi connectivity index (χ1v) is 10.6. The molecule has 0 aromatic heterocycles. The summed E-state index contributed by atoms with van der Waals surface area (Å²) in [7, 11) is -0.815. The Morgan fingerprint density at radius 2 is 1.69 bits per heavy atom. The molecule has 0 saturated heterocycles. The Labute approximate surface area is 172 Å². The van der Waals surface area contributed by atoms with Crippen LogP contribution in [0, 0.1) is 13.8 Å². The van der Waals surface area contributed by atoms with Gasteiger partial charge in [0, 0.05) is 26.2 Å². The quantitative estimate of drug-likeness (QED) is 0.720. The third-order valence-corrected chi connectivity index (χ3v) is 6.63. The molecule has 1 unspecified atom stereocenters. The minimum atomic E-state index is -3.70. The minimum Gasteiger partial charge on any atom is -0.350 e. The van der Waals surface area contributed by atoms with Crippen LogP contribution in [-0.2, 0) is 21.4 Å². The van der Waals surface area contributed by atoms with Crippen molar-refractivity contribution in [2.24, 2.45) is 0 Å². The second-order valence-electron chi connectivity index (χ2n) is 7.10. The van der Waals surface area contributed by atoms with E-state index in [-0.39, 0.29) is 16.4 Å². The fraction of sp³-hybridized carbons (Fsp3) is 0.333. The lowest BCUT2D eigenvalue weighted by Crippen LogP contribution is -2.44. The summed E-state index contributed by atoms with van der Waals surface area (Å²) in [6, 6.07) is 11.6. The summed E-state index contributed by atoms with van der Waals surface area (Å²) < 4.78 is 26.2. The van der Waals surface area contributed by atoms with Crippen molar-refractivity contribution in [3.05, 3.63) is 64.7 Å². The zero-order valence-electron chi connectivity index (χ0n) is 17.3. The molecule has 0 fully saturated rings. The highest BCUT2D eigenvalue weighted by atomic mass is 32.2. The van der Waals surface area contributed by atoms with Gasteiger partial charge in [-0.25, -0.2) is 12.7 Å². The van der Waals surface area contributed by atoms with Gasteiger partial charge in [0.05, 0.1) is 4.90 Å². The van der Waals surface area contributed by atoms with Crippen LogP contribution in [0.4, 0.5) is 0 Å². The van der Waals surface area contributed by atoms with Crippen molar-refractivity contribution in [1.29, 1.82) is 0 Å². The van der Waals surface area contributed by atoms with Crippen LogP contribution in [0.15, 0.2) is 47.4 Å². The fourth-order valence-electron chi connectivity index (χ4n) is 2.71. The van der Waals surface area contributed by atoms with Gasteiger partial charge in [-0.15, -0.1) is 0 Å². The summed E-state index contributed by atoms with van der Waals surface area (Å²) in [5, 5.41) is 5.40. The number of carbonyl (C=O) groups excluding carboxylic acids is 2. The summed E-state index contributed by atoms with van der Waals surface area (Å²) in [6.07, 6.45) is 0. The third kappa shape index (κ3) is 5.42. The topological polar surface area (TPSA) is 95.6 Å². The summed E-state index contributed by atoms with van der Waals surface area (Å²) in [5.41, 5.74) is 2.41. The molecule has 0 spiro atoms. The molecule has 0 aliphatic rings. The van der Waals surface area contributed by atoms with Crippen molar-refractivity contribution in [3.8, 4) is 0 Å². The first-order chi connectivity index (χ1) is 13.5. The number of aryl methyl sites for hydroxylation is 1. The normalized spacial score (nSPS) is 12.5. The van der Waals surface area contributed by atoms with Crippen LogP contribution in [0.5, 0.6) is 0 Å². The highest BCUT2D eigenvalue weighted by Gasteiger charge is 2.24. The summed E-state index contributed by atoms with van der Waals surface area (Å²) in [6.45, 7) is 5.38. The van der Waals surface area contributed by atoms with Gasteiger partial charge in [-0.05, 0) is 49.6 Å². The molecule has 1 atom stereocenters.